The first-order valence-corrected chi connectivity index (χ1v) is 12.4. The zero-order valence-corrected chi connectivity index (χ0v) is 18.5. The van der Waals surface area contributed by atoms with E-state index in [-0.39, 0.29) is 5.75 Å². The van der Waals surface area contributed by atoms with Crippen LogP contribution < -0.4 is 4.90 Å². The van der Waals surface area contributed by atoms with Gasteiger partial charge in [-0.25, -0.2) is 13.4 Å². The summed E-state index contributed by atoms with van der Waals surface area (Å²) in [6.07, 6.45) is 4.69. The standard InChI is InChI=1S/C23H23N5O3S/c1-32(29,30)15-16-4-2-3-5-17(16)19-14-21(28-10-12-31-13-11-28)26-22-18(19)6-8-24-23(22)20-7-9-25-27-20/h2-9,14H,10-13,15H2,1H3,(H,25,27). The third kappa shape index (κ3) is 4.09. The Morgan fingerprint density at radius 1 is 1.06 bits per heavy atom. The van der Waals surface area contributed by atoms with Crippen LogP contribution in [0, 0.1) is 0 Å². The van der Waals surface area contributed by atoms with Gasteiger partial charge in [0.15, 0.2) is 9.84 Å². The summed E-state index contributed by atoms with van der Waals surface area (Å²) in [5.41, 5.74) is 4.79. The lowest BCUT2D eigenvalue weighted by molar-refractivity contribution is 0.122. The van der Waals surface area contributed by atoms with E-state index in [1.54, 1.807) is 12.4 Å². The molecule has 0 spiro atoms. The van der Waals surface area contributed by atoms with Crippen LogP contribution in [-0.4, -0.2) is 61.1 Å². The summed E-state index contributed by atoms with van der Waals surface area (Å²) < 4.78 is 29.8. The molecule has 1 aromatic carbocycles. The fourth-order valence-electron chi connectivity index (χ4n) is 4.09. The van der Waals surface area contributed by atoms with Gasteiger partial charge in [0.25, 0.3) is 0 Å². The highest BCUT2D eigenvalue weighted by Crippen LogP contribution is 2.36. The Morgan fingerprint density at radius 2 is 1.88 bits per heavy atom. The largest absolute Gasteiger partial charge is 0.378 e. The summed E-state index contributed by atoms with van der Waals surface area (Å²) in [5, 5.41) is 7.95. The molecule has 0 radical (unpaired) electrons. The van der Waals surface area contributed by atoms with Crippen molar-refractivity contribution in [3.63, 3.8) is 0 Å². The number of anilines is 1. The number of H-pyrrole nitrogens is 1. The lowest BCUT2D eigenvalue weighted by Crippen LogP contribution is -2.36. The summed E-state index contributed by atoms with van der Waals surface area (Å²) in [6, 6.07) is 13.5. The topological polar surface area (TPSA) is 101 Å². The van der Waals surface area contributed by atoms with E-state index in [1.807, 2.05) is 42.5 Å². The second-order valence-corrected chi connectivity index (χ2v) is 10.0. The van der Waals surface area contributed by atoms with Crippen LogP contribution in [0.25, 0.3) is 33.4 Å². The summed E-state index contributed by atoms with van der Waals surface area (Å²) in [5.74, 6) is 0.789. The monoisotopic (exact) mass is 449 g/mol. The average molecular weight is 450 g/mol. The number of nitrogens with zero attached hydrogens (tertiary/aromatic N) is 4. The molecule has 4 heterocycles. The van der Waals surface area contributed by atoms with E-state index in [4.69, 9.17) is 9.72 Å². The Labute approximate surface area is 186 Å². The number of pyridine rings is 2. The third-order valence-electron chi connectivity index (χ3n) is 5.53. The Hall–Kier alpha value is -3.30. The Balaban J connectivity index is 1.78. The minimum atomic E-state index is -3.20. The maximum Gasteiger partial charge on any atom is 0.151 e. The molecule has 0 aliphatic carbocycles. The first-order valence-electron chi connectivity index (χ1n) is 10.4. The predicted molar refractivity (Wildman–Crippen MR) is 124 cm³/mol. The van der Waals surface area contributed by atoms with Gasteiger partial charge in [-0.2, -0.15) is 5.10 Å². The molecule has 164 valence electrons. The number of sulfone groups is 1. The third-order valence-corrected chi connectivity index (χ3v) is 6.37. The zero-order valence-electron chi connectivity index (χ0n) is 17.7. The van der Waals surface area contributed by atoms with Crippen LogP contribution in [0.1, 0.15) is 5.56 Å². The van der Waals surface area contributed by atoms with E-state index >= 15 is 0 Å². The van der Waals surface area contributed by atoms with Crippen LogP contribution in [0.4, 0.5) is 5.82 Å². The highest BCUT2D eigenvalue weighted by Gasteiger charge is 2.20. The van der Waals surface area contributed by atoms with Crippen molar-refractivity contribution in [3.8, 4) is 22.5 Å². The molecule has 9 heteroatoms. The number of fused-ring (bicyclic) bond motifs is 1. The van der Waals surface area contributed by atoms with Crippen molar-refractivity contribution in [2.24, 2.45) is 0 Å². The summed E-state index contributed by atoms with van der Waals surface area (Å²) in [6.45, 7) is 2.76. The zero-order chi connectivity index (χ0) is 22.1. The number of nitrogens with one attached hydrogen (secondary N) is 1. The first-order chi connectivity index (χ1) is 15.5. The SMILES string of the molecule is CS(=O)(=O)Cc1ccccc1-c1cc(N2CCOCC2)nc2c(-c3ccn[nH]3)nccc12. The van der Waals surface area contributed by atoms with Crippen molar-refractivity contribution in [1.82, 2.24) is 20.2 Å². The summed E-state index contributed by atoms with van der Waals surface area (Å²) in [7, 11) is -3.20. The van der Waals surface area contributed by atoms with Crippen LogP contribution in [0.3, 0.4) is 0 Å². The molecule has 1 N–H and O–H groups in total. The summed E-state index contributed by atoms with van der Waals surface area (Å²) in [4.78, 5) is 11.8. The lowest BCUT2D eigenvalue weighted by atomic mass is 9.96. The van der Waals surface area contributed by atoms with Gasteiger partial charge in [0.1, 0.15) is 17.0 Å². The highest BCUT2D eigenvalue weighted by atomic mass is 32.2. The maximum atomic E-state index is 12.1. The van der Waals surface area contributed by atoms with Crippen molar-refractivity contribution in [1.29, 1.82) is 0 Å². The van der Waals surface area contributed by atoms with Crippen LogP contribution in [0.5, 0.6) is 0 Å². The van der Waals surface area contributed by atoms with Crippen molar-refractivity contribution in [2.45, 2.75) is 5.75 Å². The molecule has 8 nitrogen and oxygen atoms in total. The minimum absolute atomic E-state index is 0.0294. The Kier molecular flexibility index (Phi) is 5.36. The maximum absolute atomic E-state index is 12.1. The van der Waals surface area contributed by atoms with Gasteiger partial charge in [-0.1, -0.05) is 24.3 Å². The van der Waals surface area contributed by atoms with Gasteiger partial charge < -0.3 is 9.64 Å². The van der Waals surface area contributed by atoms with Gasteiger partial charge in [-0.05, 0) is 34.9 Å². The van der Waals surface area contributed by atoms with Gasteiger partial charge in [0, 0.05) is 37.1 Å². The molecular weight excluding hydrogens is 426 g/mol. The molecule has 1 aliphatic heterocycles. The second-order valence-electron chi connectivity index (χ2n) is 7.88. The molecule has 1 fully saturated rings. The Morgan fingerprint density at radius 3 is 2.62 bits per heavy atom. The van der Waals surface area contributed by atoms with Crippen LogP contribution in [0.2, 0.25) is 0 Å². The van der Waals surface area contributed by atoms with E-state index in [0.717, 1.165) is 52.2 Å². The molecule has 0 amide bonds. The molecule has 1 aliphatic rings. The van der Waals surface area contributed by atoms with Gasteiger partial charge in [0.05, 0.1) is 24.7 Å². The highest BCUT2D eigenvalue weighted by molar-refractivity contribution is 7.89. The average Bonchev–Trinajstić information content (AvgIpc) is 3.33. The molecule has 5 rings (SSSR count). The predicted octanol–water partition coefficient (Wildman–Crippen LogP) is 3.07. The van der Waals surface area contributed by atoms with Gasteiger partial charge in [-0.3, -0.25) is 10.1 Å². The molecule has 0 atom stereocenters. The number of aromatic nitrogens is 4. The fourth-order valence-corrected chi connectivity index (χ4v) is 4.91. The number of benzene rings is 1. The van der Waals surface area contributed by atoms with E-state index in [1.165, 1.54) is 6.26 Å². The molecule has 1 saturated heterocycles. The van der Waals surface area contributed by atoms with Crippen molar-refractivity contribution in [3.05, 3.63) is 60.4 Å². The fraction of sp³-hybridized carbons (Fsp3) is 0.261. The number of aromatic amines is 1. The number of hydrogen-bond acceptors (Lipinski definition) is 7. The van der Waals surface area contributed by atoms with Crippen molar-refractivity contribution in [2.75, 3.05) is 37.5 Å². The molecule has 0 saturated carbocycles. The molecule has 32 heavy (non-hydrogen) atoms. The van der Waals surface area contributed by atoms with E-state index in [0.29, 0.717) is 18.9 Å². The second kappa shape index (κ2) is 8.33. The van der Waals surface area contributed by atoms with Crippen LogP contribution >= 0.6 is 0 Å². The molecule has 0 bridgehead atoms. The van der Waals surface area contributed by atoms with Crippen molar-refractivity contribution < 1.29 is 13.2 Å². The molecule has 3 aromatic heterocycles. The number of ether oxygens (including phenoxy) is 1. The smallest absolute Gasteiger partial charge is 0.151 e. The van der Waals surface area contributed by atoms with E-state index < -0.39 is 9.84 Å². The van der Waals surface area contributed by atoms with E-state index in [2.05, 4.69) is 20.1 Å². The first kappa shape index (κ1) is 20.6. The molecular formula is C23H23N5O3S. The van der Waals surface area contributed by atoms with Crippen LogP contribution in [-0.2, 0) is 20.3 Å². The van der Waals surface area contributed by atoms with E-state index in [9.17, 15) is 8.42 Å². The quantitative estimate of drug-likeness (QED) is 0.500. The number of rotatable bonds is 5. The minimum Gasteiger partial charge on any atom is -0.378 e. The summed E-state index contributed by atoms with van der Waals surface area (Å²) >= 11 is 0. The van der Waals surface area contributed by atoms with Gasteiger partial charge in [-0.15, -0.1) is 0 Å². The van der Waals surface area contributed by atoms with Crippen molar-refractivity contribution >= 4 is 26.6 Å². The number of morpholine rings is 1. The molecule has 4 aromatic rings. The van der Waals surface area contributed by atoms with Gasteiger partial charge >= 0.3 is 0 Å². The number of hydrogen-bond donors (Lipinski definition) is 1. The van der Waals surface area contributed by atoms with Crippen LogP contribution in [0.15, 0.2) is 54.9 Å². The lowest BCUT2D eigenvalue weighted by Gasteiger charge is -2.29. The molecule has 0 unspecified atom stereocenters. The van der Waals surface area contributed by atoms with Gasteiger partial charge in [0.2, 0.25) is 0 Å². The Bertz CT molecular complexity index is 1360. The normalized spacial score (nSPS) is 14.7.